The van der Waals surface area contributed by atoms with Crippen LogP contribution < -0.4 is 15.0 Å². The van der Waals surface area contributed by atoms with Crippen molar-refractivity contribution in [3.63, 3.8) is 0 Å². The molecule has 1 aromatic heterocycles. The maximum Gasteiger partial charge on any atom is 0.344 e. The molecule has 29 heavy (non-hydrogen) atoms. The molecule has 1 amide bonds. The van der Waals surface area contributed by atoms with Crippen LogP contribution in [0.2, 0.25) is 5.15 Å². The van der Waals surface area contributed by atoms with Crippen molar-refractivity contribution >= 4 is 35.0 Å². The van der Waals surface area contributed by atoms with Crippen LogP contribution in [-0.4, -0.2) is 48.4 Å². The predicted molar refractivity (Wildman–Crippen MR) is 109 cm³/mol. The lowest BCUT2D eigenvalue weighted by atomic mass is 9.97. The van der Waals surface area contributed by atoms with E-state index in [0.29, 0.717) is 35.6 Å². The molecule has 2 heterocycles. The first kappa shape index (κ1) is 20.9. The number of amides is 1. The summed E-state index contributed by atoms with van der Waals surface area (Å²) in [6, 6.07) is 10.4. The molecule has 9 heteroatoms. The van der Waals surface area contributed by atoms with E-state index in [-0.39, 0.29) is 18.4 Å². The number of hydrogen-bond acceptors (Lipinski definition) is 7. The fraction of sp³-hybridized carbons (Fsp3) is 0.400. The molecule has 1 aromatic carbocycles. The van der Waals surface area contributed by atoms with Crippen LogP contribution in [0.4, 0.5) is 11.5 Å². The van der Waals surface area contributed by atoms with Gasteiger partial charge in [0.25, 0.3) is 0 Å². The summed E-state index contributed by atoms with van der Waals surface area (Å²) >= 11 is 5.80. The van der Waals surface area contributed by atoms with Gasteiger partial charge in [-0.05, 0) is 44.0 Å². The summed E-state index contributed by atoms with van der Waals surface area (Å²) in [7, 11) is 0. The number of nitrogens with one attached hydrogen (secondary N) is 1. The molecule has 1 fully saturated rings. The Balaban J connectivity index is 1.57. The van der Waals surface area contributed by atoms with Crippen LogP contribution in [0.15, 0.2) is 36.4 Å². The molecule has 8 nitrogen and oxygen atoms in total. The van der Waals surface area contributed by atoms with Crippen molar-refractivity contribution in [2.45, 2.75) is 19.8 Å². The van der Waals surface area contributed by atoms with E-state index in [4.69, 9.17) is 21.1 Å². The van der Waals surface area contributed by atoms with Gasteiger partial charge in [0.1, 0.15) is 5.75 Å². The van der Waals surface area contributed by atoms with Gasteiger partial charge in [0.05, 0.1) is 12.5 Å². The Morgan fingerprint density at radius 3 is 2.90 bits per heavy atom. The molecule has 0 saturated carbocycles. The van der Waals surface area contributed by atoms with Gasteiger partial charge in [-0.1, -0.05) is 17.7 Å². The van der Waals surface area contributed by atoms with E-state index in [2.05, 4.69) is 15.5 Å². The van der Waals surface area contributed by atoms with Crippen LogP contribution in [0.3, 0.4) is 0 Å². The fourth-order valence-electron chi connectivity index (χ4n) is 3.13. The fourth-order valence-corrected chi connectivity index (χ4v) is 3.23. The van der Waals surface area contributed by atoms with E-state index in [1.165, 1.54) is 0 Å². The van der Waals surface area contributed by atoms with Gasteiger partial charge in [-0.3, -0.25) is 4.79 Å². The third-order valence-electron chi connectivity index (χ3n) is 4.50. The van der Waals surface area contributed by atoms with Gasteiger partial charge < -0.3 is 19.7 Å². The summed E-state index contributed by atoms with van der Waals surface area (Å²) < 4.78 is 10.2. The third-order valence-corrected chi connectivity index (χ3v) is 4.70. The van der Waals surface area contributed by atoms with Crippen LogP contribution in [0.5, 0.6) is 5.75 Å². The van der Waals surface area contributed by atoms with E-state index in [1.807, 2.05) is 4.90 Å². The van der Waals surface area contributed by atoms with Gasteiger partial charge in [0.2, 0.25) is 5.91 Å². The quantitative estimate of drug-likeness (QED) is 0.691. The number of benzene rings is 1. The Morgan fingerprint density at radius 1 is 1.28 bits per heavy atom. The van der Waals surface area contributed by atoms with Gasteiger partial charge in [-0.25, -0.2) is 4.79 Å². The summed E-state index contributed by atoms with van der Waals surface area (Å²) in [5.41, 5.74) is 0.611. The highest BCUT2D eigenvalue weighted by Gasteiger charge is 2.27. The summed E-state index contributed by atoms with van der Waals surface area (Å²) in [6.07, 6.45) is 1.67. The Morgan fingerprint density at radius 2 is 2.14 bits per heavy atom. The maximum atomic E-state index is 12.8. The second-order valence-corrected chi connectivity index (χ2v) is 7.00. The molecule has 1 N–H and O–H groups in total. The van der Waals surface area contributed by atoms with Crippen LogP contribution in [0.25, 0.3) is 0 Å². The number of rotatable bonds is 7. The predicted octanol–water partition coefficient (Wildman–Crippen LogP) is 2.93. The van der Waals surface area contributed by atoms with Crippen LogP contribution in [-0.2, 0) is 14.3 Å². The summed E-state index contributed by atoms with van der Waals surface area (Å²) in [5, 5.41) is 11.2. The first-order valence-corrected chi connectivity index (χ1v) is 9.86. The Hall–Kier alpha value is -2.87. The molecule has 0 unspecified atom stereocenters. The number of esters is 1. The van der Waals surface area contributed by atoms with E-state index >= 15 is 0 Å². The first-order valence-electron chi connectivity index (χ1n) is 9.48. The number of carbonyl (C=O) groups is 2. The van der Waals surface area contributed by atoms with Crippen LogP contribution in [0.1, 0.15) is 19.8 Å². The van der Waals surface area contributed by atoms with Crippen molar-refractivity contribution in [1.29, 1.82) is 0 Å². The zero-order valence-corrected chi connectivity index (χ0v) is 16.9. The Labute approximate surface area is 174 Å². The van der Waals surface area contributed by atoms with Crippen molar-refractivity contribution in [1.82, 2.24) is 10.2 Å². The standard InChI is InChI=1S/C20H23ClN4O4/c1-2-28-19(26)13-29-16-7-3-6-15(11-16)22-20(27)14-5-4-10-25(12-14)18-9-8-17(21)23-24-18/h3,6-9,11,14H,2,4-5,10,12-13H2,1H3,(H,22,27)/t14-/m0/s1. The molecule has 1 atom stereocenters. The minimum Gasteiger partial charge on any atom is -0.482 e. The van der Waals surface area contributed by atoms with Crippen molar-refractivity contribution in [2.24, 2.45) is 5.92 Å². The SMILES string of the molecule is CCOC(=O)COc1cccc(NC(=O)[C@H]2CCCN(c3ccc(Cl)nn3)C2)c1. The molecular formula is C20H23ClN4O4. The summed E-state index contributed by atoms with van der Waals surface area (Å²) in [6.45, 7) is 3.24. The molecule has 2 aromatic rings. The van der Waals surface area contributed by atoms with Crippen molar-refractivity contribution < 1.29 is 19.1 Å². The number of ether oxygens (including phenoxy) is 2. The smallest absolute Gasteiger partial charge is 0.344 e. The largest absolute Gasteiger partial charge is 0.482 e. The lowest BCUT2D eigenvalue weighted by Crippen LogP contribution is -2.41. The molecule has 1 saturated heterocycles. The van der Waals surface area contributed by atoms with Crippen molar-refractivity contribution in [2.75, 3.05) is 36.5 Å². The average molecular weight is 419 g/mol. The van der Waals surface area contributed by atoms with Gasteiger partial charge in [-0.15, -0.1) is 10.2 Å². The summed E-state index contributed by atoms with van der Waals surface area (Å²) in [5.74, 6) is 0.512. The second kappa shape index (κ2) is 10.1. The van der Waals surface area contributed by atoms with E-state index < -0.39 is 5.97 Å². The molecule has 0 radical (unpaired) electrons. The molecule has 0 spiro atoms. The maximum absolute atomic E-state index is 12.8. The number of anilines is 2. The number of aromatic nitrogens is 2. The lowest BCUT2D eigenvalue weighted by molar-refractivity contribution is -0.145. The number of nitrogens with zero attached hydrogens (tertiary/aromatic N) is 3. The van der Waals surface area contributed by atoms with Crippen molar-refractivity contribution in [3.05, 3.63) is 41.6 Å². The third kappa shape index (κ3) is 6.05. The zero-order valence-electron chi connectivity index (χ0n) is 16.1. The molecule has 0 aliphatic carbocycles. The highest BCUT2D eigenvalue weighted by atomic mass is 35.5. The van der Waals surface area contributed by atoms with E-state index in [1.54, 1.807) is 43.3 Å². The molecule has 154 valence electrons. The average Bonchev–Trinajstić information content (AvgIpc) is 2.73. The highest BCUT2D eigenvalue weighted by Crippen LogP contribution is 2.24. The van der Waals surface area contributed by atoms with Gasteiger partial charge >= 0.3 is 5.97 Å². The summed E-state index contributed by atoms with van der Waals surface area (Å²) in [4.78, 5) is 26.2. The Kier molecular flexibility index (Phi) is 7.24. The molecule has 0 bridgehead atoms. The van der Waals surface area contributed by atoms with E-state index in [0.717, 1.165) is 19.4 Å². The van der Waals surface area contributed by atoms with E-state index in [9.17, 15) is 9.59 Å². The van der Waals surface area contributed by atoms with Crippen molar-refractivity contribution in [3.8, 4) is 5.75 Å². The first-order chi connectivity index (χ1) is 14.0. The highest BCUT2D eigenvalue weighted by molar-refractivity contribution is 6.29. The number of piperidine rings is 1. The number of carbonyl (C=O) groups excluding carboxylic acids is 2. The Bertz CT molecular complexity index is 847. The normalized spacial score (nSPS) is 16.2. The molecule has 1 aliphatic heterocycles. The lowest BCUT2D eigenvalue weighted by Gasteiger charge is -2.32. The number of hydrogen-bond donors (Lipinski definition) is 1. The molecule has 1 aliphatic rings. The minimum absolute atomic E-state index is 0.0702. The molecular weight excluding hydrogens is 396 g/mol. The molecule has 3 rings (SSSR count). The zero-order chi connectivity index (χ0) is 20.6. The number of halogens is 1. The monoisotopic (exact) mass is 418 g/mol. The van der Waals surface area contributed by atoms with Gasteiger partial charge in [0, 0.05) is 24.8 Å². The second-order valence-electron chi connectivity index (χ2n) is 6.61. The van der Waals surface area contributed by atoms with Crippen LogP contribution >= 0.6 is 11.6 Å². The topological polar surface area (TPSA) is 93.6 Å². The minimum atomic E-state index is -0.436. The van der Waals surface area contributed by atoms with Gasteiger partial charge in [-0.2, -0.15) is 0 Å². The van der Waals surface area contributed by atoms with Crippen LogP contribution in [0, 0.1) is 5.92 Å². The van der Waals surface area contributed by atoms with Gasteiger partial charge in [0.15, 0.2) is 17.6 Å².